The average molecular weight is 274 g/mol. The molecule has 17 heavy (non-hydrogen) atoms. The first-order valence-electron chi connectivity index (χ1n) is 5.82. The number of aromatic amines is 1. The molecule has 4 nitrogen and oxygen atoms in total. The topological polar surface area (TPSA) is 63.8 Å². The number of nitrogens with one attached hydrogen (secondary N) is 1. The fourth-order valence-electron chi connectivity index (χ4n) is 2.44. The van der Waals surface area contributed by atoms with E-state index < -0.39 is 0 Å². The van der Waals surface area contributed by atoms with Crippen LogP contribution >= 0.6 is 23.8 Å². The Morgan fingerprint density at radius 3 is 3.06 bits per heavy atom. The third kappa shape index (κ3) is 2.40. The van der Waals surface area contributed by atoms with Gasteiger partial charge < -0.3 is 15.3 Å². The molecule has 94 valence electrons. The summed E-state index contributed by atoms with van der Waals surface area (Å²) in [7, 11) is 0. The molecule has 2 rings (SSSR count). The Morgan fingerprint density at radius 2 is 2.41 bits per heavy atom. The lowest BCUT2D eigenvalue weighted by molar-refractivity contribution is -0.119. The van der Waals surface area contributed by atoms with Gasteiger partial charge in [0.2, 0.25) is 5.91 Å². The van der Waals surface area contributed by atoms with Crippen molar-refractivity contribution < 1.29 is 4.79 Å². The molecule has 0 fully saturated rings. The zero-order valence-electron chi connectivity index (χ0n) is 9.54. The number of aromatic nitrogens is 2. The van der Waals surface area contributed by atoms with Gasteiger partial charge in [-0.25, -0.2) is 0 Å². The Balaban J connectivity index is 2.38. The third-order valence-corrected chi connectivity index (χ3v) is 3.83. The molecule has 0 radical (unpaired) electrons. The molecule has 1 unspecified atom stereocenters. The molecule has 1 aromatic heterocycles. The van der Waals surface area contributed by atoms with Crippen LogP contribution in [0.15, 0.2) is 0 Å². The number of amides is 1. The lowest BCUT2D eigenvalue weighted by atomic mass is 9.89. The maximum Gasteiger partial charge on any atom is 0.226 e. The Bertz CT molecular complexity index is 480. The van der Waals surface area contributed by atoms with Crippen LogP contribution in [0.1, 0.15) is 36.6 Å². The van der Waals surface area contributed by atoms with Crippen LogP contribution in [-0.4, -0.2) is 21.3 Å². The predicted molar refractivity (Wildman–Crippen MR) is 69.8 cm³/mol. The van der Waals surface area contributed by atoms with E-state index in [1.54, 1.807) is 0 Å². The highest BCUT2D eigenvalue weighted by Crippen LogP contribution is 2.30. The lowest BCUT2D eigenvalue weighted by Crippen LogP contribution is -2.25. The van der Waals surface area contributed by atoms with Gasteiger partial charge in [0.25, 0.3) is 0 Å². The van der Waals surface area contributed by atoms with Crippen LogP contribution in [0.25, 0.3) is 0 Å². The van der Waals surface area contributed by atoms with Gasteiger partial charge in [-0.1, -0.05) is 0 Å². The van der Waals surface area contributed by atoms with Crippen molar-refractivity contribution in [2.75, 3.05) is 5.88 Å². The molecule has 0 spiro atoms. The summed E-state index contributed by atoms with van der Waals surface area (Å²) in [5.74, 6) is 0.130. The number of H-pyrrole nitrogens is 1. The molecule has 1 aromatic rings. The first kappa shape index (κ1) is 12.6. The number of primary amides is 1. The third-order valence-electron chi connectivity index (χ3n) is 3.24. The largest absolute Gasteiger partial charge is 0.369 e. The van der Waals surface area contributed by atoms with Crippen molar-refractivity contribution in [2.45, 2.75) is 38.1 Å². The van der Waals surface area contributed by atoms with E-state index in [4.69, 9.17) is 29.6 Å². The van der Waals surface area contributed by atoms with Gasteiger partial charge in [0.15, 0.2) is 4.77 Å². The number of rotatable bonds is 4. The van der Waals surface area contributed by atoms with E-state index in [0.29, 0.717) is 10.7 Å². The van der Waals surface area contributed by atoms with E-state index in [-0.39, 0.29) is 11.8 Å². The van der Waals surface area contributed by atoms with Crippen LogP contribution < -0.4 is 5.73 Å². The SMILES string of the molecule is NC(=O)C1CCCc2c1[nH]c(=S)n2CCCCl. The van der Waals surface area contributed by atoms with Gasteiger partial charge in [-0.3, -0.25) is 4.79 Å². The van der Waals surface area contributed by atoms with Crippen molar-refractivity contribution in [1.29, 1.82) is 0 Å². The summed E-state index contributed by atoms with van der Waals surface area (Å²) < 4.78 is 2.73. The molecule has 1 heterocycles. The number of nitrogens with two attached hydrogens (primary N) is 1. The number of fused-ring (bicyclic) bond motifs is 1. The second-order valence-corrected chi connectivity index (χ2v) is 5.10. The summed E-state index contributed by atoms with van der Waals surface area (Å²) in [5, 5.41) is 0. The molecule has 1 aliphatic carbocycles. The average Bonchev–Trinajstić information content (AvgIpc) is 2.61. The Hall–Kier alpha value is -0.810. The number of imidazole rings is 1. The molecule has 0 aromatic carbocycles. The van der Waals surface area contributed by atoms with E-state index in [9.17, 15) is 4.79 Å². The van der Waals surface area contributed by atoms with Crippen LogP contribution in [0.4, 0.5) is 0 Å². The molecule has 0 aliphatic heterocycles. The summed E-state index contributed by atoms with van der Waals surface area (Å²) in [6.45, 7) is 0.805. The molecule has 6 heteroatoms. The minimum atomic E-state index is -0.272. The number of carbonyl (C=O) groups excluding carboxylic acids is 1. The van der Waals surface area contributed by atoms with Crippen LogP contribution in [0.3, 0.4) is 0 Å². The van der Waals surface area contributed by atoms with Crippen molar-refractivity contribution in [2.24, 2.45) is 5.73 Å². The summed E-state index contributed by atoms with van der Waals surface area (Å²) in [5.41, 5.74) is 7.47. The summed E-state index contributed by atoms with van der Waals surface area (Å²) >= 11 is 11.0. The maximum absolute atomic E-state index is 11.4. The van der Waals surface area contributed by atoms with E-state index >= 15 is 0 Å². The van der Waals surface area contributed by atoms with Crippen molar-refractivity contribution in [3.05, 3.63) is 16.2 Å². The minimum Gasteiger partial charge on any atom is -0.369 e. The molecule has 1 atom stereocenters. The van der Waals surface area contributed by atoms with Crippen LogP contribution in [0, 0.1) is 4.77 Å². The number of carbonyl (C=O) groups is 1. The summed E-state index contributed by atoms with van der Waals surface area (Å²) in [6, 6.07) is 0. The quantitative estimate of drug-likeness (QED) is 0.652. The highest BCUT2D eigenvalue weighted by atomic mass is 35.5. The van der Waals surface area contributed by atoms with Crippen molar-refractivity contribution >= 4 is 29.7 Å². The minimum absolute atomic E-state index is 0.210. The maximum atomic E-state index is 11.4. The van der Waals surface area contributed by atoms with Gasteiger partial charge in [0, 0.05) is 23.8 Å². The molecule has 1 aliphatic rings. The fourth-order valence-corrected chi connectivity index (χ4v) is 2.87. The number of alkyl halides is 1. The summed E-state index contributed by atoms with van der Waals surface area (Å²) in [4.78, 5) is 14.5. The zero-order chi connectivity index (χ0) is 12.4. The number of halogens is 1. The van der Waals surface area contributed by atoms with E-state index in [0.717, 1.165) is 43.6 Å². The predicted octanol–water partition coefficient (Wildman–Crippen LogP) is 2.08. The van der Waals surface area contributed by atoms with E-state index in [1.807, 2.05) is 0 Å². The van der Waals surface area contributed by atoms with Crippen LogP contribution in [0.5, 0.6) is 0 Å². The van der Waals surface area contributed by atoms with Gasteiger partial charge in [0.05, 0.1) is 5.92 Å². The molecule has 0 saturated carbocycles. The number of hydrogen-bond acceptors (Lipinski definition) is 2. The molecule has 0 bridgehead atoms. The molecule has 0 saturated heterocycles. The second kappa shape index (κ2) is 5.23. The molecule has 3 N–H and O–H groups in total. The van der Waals surface area contributed by atoms with Crippen molar-refractivity contribution in [1.82, 2.24) is 9.55 Å². The molecular formula is C11H16ClN3OS. The van der Waals surface area contributed by atoms with Gasteiger partial charge >= 0.3 is 0 Å². The van der Waals surface area contributed by atoms with Crippen LogP contribution in [-0.2, 0) is 17.8 Å². The molecular weight excluding hydrogens is 258 g/mol. The van der Waals surface area contributed by atoms with Gasteiger partial charge in [0.1, 0.15) is 0 Å². The monoisotopic (exact) mass is 273 g/mol. The normalized spacial score (nSPS) is 19.0. The first-order valence-corrected chi connectivity index (χ1v) is 6.76. The Kier molecular flexibility index (Phi) is 3.89. The highest BCUT2D eigenvalue weighted by molar-refractivity contribution is 7.71. The Labute approximate surface area is 110 Å². The Morgan fingerprint density at radius 1 is 1.65 bits per heavy atom. The first-order chi connectivity index (χ1) is 8.15. The van der Waals surface area contributed by atoms with Gasteiger partial charge in [-0.05, 0) is 37.9 Å². The van der Waals surface area contributed by atoms with Crippen molar-refractivity contribution in [3.63, 3.8) is 0 Å². The summed E-state index contributed by atoms with van der Waals surface area (Å²) in [6.07, 6.45) is 3.62. The molecule has 1 amide bonds. The number of hydrogen-bond donors (Lipinski definition) is 2. The zero-order valence-corrected chi connectivity index (χ0v) is 11.1. The lowest BCUT2D eigenvalue weighted by Gasteiger charge is -2.20. The highest BCUT2D eigenvalue weighted by Gasteiger charge is 2.28. The van der Waals surface area contributed by atoms with Gasteiger partial charge in [-0.15, -0.1) is 11.6 Å². The van der Waals surface area contributed by atoms with Gasteiger partial charge in [-0.2, -0.15) is 0 Å². The van der Waals surface area contributed by atoms with Crippen molar-refractivity contribution in [3.8, 4) is 0 Å². The fraction of sp³-hybridized carbons (Fsp3) is 0.636. The smallest absolute Gasteiger partial charge is 0.226 e. The van der Waals surface area contributed by atoms with E-state index in [1.165, 1.54) is 0 Å². The standard InChI is InChI=1S/C11H16ClN3OS/c12-5-2-6-15-8-4-1-3-7(10(13)16)9(8)14-11(15)17/h7H,1-6H2,(H2,13,16)(H,14,17). The number of nitrogens with zero attached hydrogens (tertiary/aromatic N) is 1. The van der Waals surface area contributed by atoms with E-state index in [2.05, 4.69) is 9.55 Å². The van der Waals surface area contributed by atoms with Crippen LogP contribution in [0.2, 0.25) is 0 Å². The second-order valence-electron chi connectivity index (χ2n) is 4.33.